The van der Waals surface area contributed by atoms with Crippen LogP contribution in [0.1, 0.15) is 39.2 Å². The van der Waals surface area contributed by atoms with Crippen LogP contribution in [0.25, 0.3) is 0 Å². The smallest absolute Gasteiger partial charge is 0.270 e. The molecule has 2 aromatic carbocycles. The Morgan fingerprint density at radius 2 is 1.87 bits per heavy atom. The second-order valence-corrected chi connectivity index (χ2v) is 8.91. The Balaban J connectivity index is 1.73. The molecular weight excluding hydrogens is 470 g/mol. The fourth-order valence-electron chi connectivity index (χ4n) is 2.54. The Morgan fingerprint density at radius 3 is 2.43 bits per heavy atom. The van der Waals surface area contributed by atoms with Crippen molar-refractivity contribution in [3.63, 3.8) is 0 Å². The first-order valence-corrected chi connectivity index (χ1v) is 10.5. The van der Waals surface area contributed by atoms with Crippen LogP contribution in [0.4, 0.5) is 11.4 Å². The Kier molecular flexibility index (Phi) is 8.31. The second-order valence-electron chi connectivity index (χ2n) is 7.65. The summed E-state index contributed by atoms with van der Waals surface area (Å²) in [6.45, 7) is 6.87. The molecule has 9 heteroatoms. The molecule has 0 fully saturated rings. The number of benzene rings is 2. The number of ether oxygens (including phenoxy) is 1. The van der Waals surface area contributed by atoms with Crippen LogP contribution < -0.4 is 15.4 Å². The van der Waals surface area contributed by atoms with Gasteiger partial charge in [-0.3, -0.25) is 14.9 Å². The minimum absolute atomic E-state index is 0.0459. The Morgan fingerprint density at radius 1 is 1.20 bits per heavy atom. The lowest BCUT2D eigenvalue weighted by Gasteiger charge is -2.19. The molecular formula is C21H24BrN3O4S. The molecule has 30 heavy (non-hydrogen) atoms. The minimum Gasteiger partial charge on any atom is -0.494 e. The van der Waals surface area contributed by atoms with Crippen molar-refractivity contribution in [1.29, 1.82) is 0 Å². The maximum Gasteiger partial charge on any atom is 0.270 e. The highest BCUT2D eigenvalue weighted by Crippen LogP contribution is 2.27. The average Bonchev–Trinajstić information content (AvgIpc) is 2.66. The molecule has 0 aliphatic rings. The number of nitro groups is 1. The molecule has 0 aliphatic carbocycles. The van der Waals surface area contributed by atoms with E-state index in [1.165, 1.54) is 23.8 Å². The average molecular weight is 494 g/mol. The van der Waals surface area contributed by atoms with E-state index in [2.05, 4.69) is 47.3 Å². The quantitative estimate of drug-likeness (QED) is 0.234. The maximum atomic E-state index is 12.0. The highest BCUT2D eigenvalue weighted by Gasteiger charge is 2.13. The topological polar surface area (TPSA) is 93.5 Å². The number of nitrogens with one attached hydrogen (secondary N) is 2. The first kappa shape index (κ1) is 23.8. The second kappa shape index (κ2) is 10.5. The van der Waals surface area contributed by atoms with Crippen molar-refractivity contribution in [2.45, 2.75) is 39.0 Å². The number of carbonyl (C=O) groups is 1. The molecule has 0 heterocycles. The molecule has 0 spiro atoms. The first-order chi connectivity index (χ1) is 14.1. The normalized spacial score (nSPS) is 10.9. The van der Waals surface area contributed by atoms with Crippen molar-refractivity contribution in [3.05, 3.63) is 62.6 Å². The van der Waals surface area contributed by atoms with Crippen LogP contribution in [0.2, 0.25) is 0 Å². The maximum absolute atomic E-state index is 12.0. The van der Waals surface area contributed by atoms with E-state index in [9.17, 15) is 14.9 Å². The number of non-ortho nitro benzene ring substituents is 1. The predicted molar refractivity (Wildman–Crippen MR) is 125 cm³/mol. The van der Waals surface area contributed by atoms with E-state index in [1.54, 1.807) is 0 Å². The Bertz CT molecular complexity index is 927. The molecule has 2 rings (SSSR count). The van der Waals surface area contributed by atoms with Crippen LogP contribution in [-0.4, -0.2) is 22.5 Å². The van der Waals surface area contributed by atoms with Gasteiger partial charge in [-0.1, -0.05) is 32.9 Å². The number of thiocarbonyl (C=S) groups is 1. The van der Waals surface area contributed by atoms with Gasteiger partial charge in [-0.2, -0.15) is 0 Å². The molecule has 7 nitrogen and oxygen atoms in total. The number of nitro benzene ring substituents is 1. The highest BCUT2D eigenvalue weighted by atomic mass is 79.9. The van der Waals surface area contributed by atoms with Gasteiger partial charge in [0.25, 0.3) is 5.69 Å². The van der Waals surface area contributed by atoms with Crippen molar-refractivity contribution in [2.75, 3.05) is 11.9 Å². The zero-order chi connectivity index (χ0) is 22.3. The predicted octanol–water partition coefficient (Wildman–Crippen LogP) is 5.33. The van der Waals surface area contributed by atoms with Gasteiger partial charge in [-0.25, -0.2) is 0 Å². The minimum atomic E-state index is -0.490. The van der Waals surface area contributed by atoms with Gasteiger partial charge >= 0.3 is 0 Å². The lowest BCUT2D eigenvalue weighted by Crippen LogP contribution is -2.34. The molecule has 0 unspecified atom stereocenters. The number of hydrogen-bond donors (Lipinski definition) is 2. The van der Waals surface area contributed by atoms with Crippen molar-refractivity contribution in [1.82, 2.24) is 5.32 Å². The molecule has 0 saturated carbocycles. The zero-order valence-electron chi connectivity index (χ0n) is 17.0. The van der Waals surface area contributed by atoms with E-state index in [0.29, 0.717) is 23.2 Å². The molecule has 1 amide bonds. The van der Waals surface area contributed by atoms with Gasteiger partial charge in [0.2, 0.25) is 5.91 Å². The number of carbonyl (C=O) groups excluding carboxylic acids is 1. The number of anilines is 1. The summed E-state index contributed by atoms with van der Waals surface area (Å²) in [7, 11) is 0. The van der Waals surface area contributed by atoms with Crippen LogP contribution in [0.5, 0.6) is 5.75 Å². The third-order valence-electron chi connectivity index (χ3n) is 4.20. The largest absolute Gasteiger partial charge is 0.494 e. The molecule has 160 valence electrons. The fraction of sp³-hybridized carbons (Fsp3) is 0.333. The summed E-state index contributed by atoms with van der Waals surface area (Å²) in [4.78, 5) is 22.3. The SMILES string of the molecule is CC(C)(C)c1ccc(OCCCC(=O)NC(=S)Nc2ccc([N+](=O)[O-])cc2Br)cc1. The molecule has 0 aliphatic heterocycles. The summed E-state index contributed by atoms with van der Waals surface area (Å²) in [6.07, 6.45) is 0.792. The highest BCUT2D eigenvalue weighted by molar-refractivity contribution is 9.10. The summed E-state index contributed by atoms with van der Waals surface area (Å²) in [5, 5.41) is 16.3. The van der Waals surface area contributed by atoms with E-state index in [-0.39, 0.29) is 28.5 Å². The van der Waals surface area contributed by atoms with Gasteiger partial charge in [-0.15, -0.1) is 0 Å². The first-order valence-electron chi connectivity index (χ1n) is 9.34. The van der Waals surface area contributed by atoms with Gasteiger partial charge in [-0.05, 0) is 63.7 Å². The van der Waals surface area contributed by atoms with E-state index in [0.717, 1.165) is 5.75 Å². The van der Waals surface area contributed by atoms with Crippen LogP contribution in [-0.2, 0) is 10.2 Å². The van der Waals surface area contributed by atoms with E-state index in [4.69, 9.17) is 17.0 Å². The van der Waals surface area contributed by atoms with Gasteiger partial charge in [0.05, 0.1) is 17.2 Å². The van der Waals surface area contributed by atoms with Crippen molar-refractivity contribution in [3.8, 4) is 5.75 Å². The van der Waals surface area contributed by atoms with Gasteiger partial charge in [0.1, 0.15) is 5.75 Å². The Hall–Kier alpha value is -2.52. The number of amides is 1. The van der Waals surface area contributed by atoms with Crippen LogP contribution in [0.3, 0.4) is 0 Å². The van der Waals surface area contributed by atoms with Crippen LogP contribution in [0.15, 0.2) is 46.9 Å². The van der Waals surface area contributed by atoms with Gasteiger partial charge in [0, 0.05) is 23.0 Å². The summed E-state index contributed by atoms with van der Waals surface area (Å²) in [5.41, 5.74) is 1.80. The number of rotatable bonds is 7. The Labute approximate surface area is 189 Å². The van der Waals surface area contributed by atoms with Gasteiger partial charge in [0.15, 0.2) is 5.11 Å². The van der Waals surface area contributed by atoms with E-state index < -0.39 is 4.92 Å². The third-order valence-corrected chi connectivity index (χ3v) is 5.06. The van der Waals surface area contributed by atoms with Crippen LogP contribution >= 0.6 is 28.1 Å². The van der Waals surface area contributed by atoms with Crippen LogP contribution in [0, 0.1) is 10.1 Å². The lowest BCUT2D eigenvalue weighted by molar-refractivity contribution is -0.384. The molecule has 0 atom stereocenters. The molecule has 0 saturated heterocycles. The summed E-state index contributed by atoms with van der Waals surface area (Å²) < 4.78 is 6.15. The molecule has 2 aromatic rings. The molecule has 0 aromatic heterocycles. The molecule has 2 N–H and O–H groups in total. The standard InChI is InChI=1S/C21H24BrN3O4S/c1-21(2,3)14-6-9-16(10-7-14)29-12-4-5-19(26)24-20(30)23-18-11-8-15(25(27)28)13-17(18)22/h6-11,13H,4-5,12H2,1-3H3,(H2,23,24,26,30). The number of nitrogens with zero attached hydrogens (tertiary/aromatic N) is 1. The lowest BCUT2D eigenvalue weighted by atomic mass is 9.87. The molecule has 0 bridgehead atoms. The molecule has 0 radical (unpaired) electrons. The van der Waals surface area contributed by atoms with E-state index >= 15 is 0 Å². The monoisotopic (exact) mass is 493 g/mol. The van der Waals surface area contributed by atoms with Gasteiger partial charge < -0.3 is 15.4 Å². The number of hydrogen-bond acceptors (Lipinski definition) is 5. The zero-order valence-corrected chi connectivity index (χ0v) is 19.4. The fourth-order valence-corrected chi connectivity index (χ4v) is 3.23. The van der Waals surface area contributed by atoms with E-state index in [1.807, 2.05) is 24.3 Å². The summed E-state index contributed by atoms with van der Waals surface area (Å²) >= 11 is 8.37. The van der Waals surface area contributed by atoms with Crippen molar-refractivity contribution >= 4 is 50.5 Å². The van der Waals surface area contributed by atoms with Crippen molar-refractivity contribution in [2.24, 2.45) is 0 Å². The van der Waals surface area contributed by atoms with Crippen molar-refractivity contribution < 1.29 is 14.5 Å². The summed E-state index contributed by atoms with van der Waals surface area (Å²) in [6, 6.07) is 12.2. The summed E-state index contributed by atoms with van der Waals surface area (Å²) in [5.74, 6) is 0.529. The third kappa shape index (κ3) is 7.38. The number of halogens is 1.